The molecule has 3 aromatic rings. The Bertz CT molecular complexity index is 638. The van der Waals surface area contributed by atoms with Crippen LogP contribution in [0.25, 0.3) is 22.2 Å². The Hall–Kier alpha value is -2.09. The van der Waals surface area contributed by atoms with E-state index in [1.807, 2.05) is 18.3 Å². The zero-order valence-electron chi connectivity index (χ0n) is 9.80. The summed E-state index contributed by atoms with van der Waals surface area (Å²) >= 11 is 0. The van der Waals surface area contributed by atoms with Gasteiger partial charge in [-0.05, 0) is 24.6 Å². The second-order valence-electron chi connectivity index (χ2n) is 4.07. The van der Waals surface area contributed by atoms with Crippen LogP contribution in [0.15, 0.2) is 54.9 Å². The third kappa shape index (κ3) is 1.62. The largest absolute Gasteiger partial charge is 0.332 e. The maximum absolute atomic E-state index is 4.46. The fourth-order valence-electron chi connectivity index (χ4n) is 2.21. The van der Waals surface area contributed by atoms with Gasteiger partial charge in [0, 0.05) is 29.9 Å². The minimum Gasteiger partial charge on any atom is -0.332 e. The van der Waals surface area contributed by atoms with Gasteiger partial charge in [0.25, 0.3) is 0 Å². The fraction of sp³-hybridized carbons (Fsp3) is 0.133. The van der Waals surface area contributed by atoms with E-state index < -0.39 is 0 Å². The van der Waals surface area contributed by atoms with Crippen molar-refractivity contribution < 1.29 is 0 Å². The molecule has 0 amide bonds. The second kappa shape index (κ2) is 4.06. The van der Waals surface area contributed by atoms with Crippen molar-refractivity contribution in [3.8, 4) is 11.1 Å². The Kier molecular flexibility index (Phi) is 2.41. The van der Waals surface area contributed by atoms with Crippen LogP contribution in [-0.2, 0) is 6.54 Å². The first-order valence-corrected chi connectivity index (χ1v) is 5.89. The molecule has 84 valence electrons. The Labute approximate surface area is 101 Å². The molecule has 0 N–H and O–H groups in total. The van der Waals surface area contributed by atoms with Crippen LogP contribution < -0.4 is 0 Å². The molecule has 0 fully saturated rings. The van der Waals surface area contributed by atoms with Crippen molar-refractivity contribution in [3.05, 3.63) is 54.9 Å². The summed E-state index contributed by atoms with van der Waals surface area (Å²) in [6.45, 7) is 3.09. The van der Waals surface area contributed by atoms with Gasteiger partial charge in [0.1, 0.15) is 5.65 Å². The van der Waals surface area contributed by atoms with E-state index in [1.54, 1.807) is 0 Å². The van der Waals surface area contributed by atoms with Gasteiger partial charge in [-0.25, -0.2) is 4.98 Å². The van der Waals surface area contributed by atoms with Crippen molar-refractivity contribution in [2.24, 2.45) is 0 Å². The Morgan fingerprint density at radius 2 is 1.88 bits per heavy atom. The zero-order valence-corrected chi connectivity index (χ0v) is 9.80. The van der Waals surface area contributed by atoms with E-state index in [9.17, 15) is 0 Å². The molecule has 0 saturated carbocycles. The predicted octanol–water partition coefficient (Wildman–Crippen LogP) is 3.72. The van der Waals surface area contributed by atoms with Gasteiger partial charge >= 0.3 is 0 Å². The quantitative estimate of drug-likeness (QED) is 0.646. The van der Waals surface area contributed by atoms with Crippen molar-refractivity contribution in [1.29, 1.82) is 0 Å². The van der Waals surface area contributed by atoms with Crippen molar-refractivity contribution in [3.63, 3.8) is 0 Å². The highest BCUT2D eigenvalue weighted by Gasteiger charge is 2.09. The standard InChI is InChI=1S/C15H14N2/c1-2-17-11-14(12-7-4-3-5-8-12)13-9-6-10-16-15(13)17/h3-11H,2H2,1H3. The van der Waals surface area contributed by atoms with Crippen LogP contribution in [0.3, 0.4) is 0 Å². The monoisotopic (exact) mass is 222 g/mol. The Balaban J connectivity index is 2.31. The highest BCUT2D eigenvalue weighted by molar-refractivity contribution is 5.93. The molecule has 0 aliphatic rings. The van der Waals surface area contributed by atoms with E-state index in [-0.39, 0.29) is 0 Å². The van der Waals surface area contributed by atoms with Crippen LogP contribution in [-0.4, -0.2) is 9.55 Å². The van der Waals surface area contributed by atoms with Gasteiger partial charge in [0.15, 0.2) is 0 Å². The van der Waals surface area contributed by atoms with Crippen LogP contribution in [0.4, 0.5) is 0 Å². The van der Waals surface area contributed by atoms with Crippen LogP contribution in [0.2, 0.25) is 0 Å². The number of pyridine rings is 1. The molecule has 0 bridgehead atoms. The number of benzene rings is 1. The number of aromatic nitrogens is 2. The topological polar surface area (TPSA) is 17.8 Å². The maximum Gasteiger partial charge on any atom is 0.140 e. The molecule has 2 aromatic heterocycles. The fourth-order valence-corrected chi connectivity index (χ4v) is 2.21. The average molecular weight is 222 g/mol. The number of hydrogen-bond acceptors (Lipinski definition) is 1. The second-order valence-corrected chi connectivity index (χ2v) is 4.07. The smallest absolute Gasteiger partial charge is 0.140 e. The average Bonchev–Trinajstić information content (AvgIpc) is 2.78. The van der Waals surface area contributed by atoms with E-state index in [0.717, 1.165) is 12.2 Å². The van der Waals surface area contributed by atoms with Crippen LogP contribution >= 0.6 is 0 Å². The van der Waals surface area contributed by atoms with Gasteiger partial charge in [-0.2, -0.15) is 0 Å². The Morgan fingerprint density at radius 3 is 2.65 bits per heavy atom. The zero-order chi connectivity index (χ0) is 11.7. The minimum absolute atomic E-state index is 0.945. The third-order valence-corrected chi connectivity index (χ3v) is 3.06. The summed E-state index contributed by atoms with van der Waals surface area (Å²) < 4.78 is 2.19. The number of nitrogens with zero attached hydrogens (tertiary/aromatic N) is 2. The molecule has 0 atom stereocenters. The summed E-state index contributed by atoms with van der Waals surface area (Å²) in [7, 11) is 0. The molecule has 0 spiro atoms. The van der Waals surface area contributed by atoms with Gasteiger partial charge in [0.2, 0.25) is 0 Å². The third-order valence-electron chi connectivity index (χ3n) is 3.06. The number of fused-ring (bicyclic) bond motifs is 1. The van der Waals surface area contributed by atoms with Crippen LogP contribution in [0.5, 0.6) is 0 Å². The van der Waals surface area contributed by atoms with E-state index in [0.29, 0.717) is 0 Å². The van der Waals surface area contributed by atoms with Crippen molar-refractivity contribution in [2.75, 3.05) is 0 Å². The number of hydrogen-bond donors (Lipinski definition) is 0. The van der Waals surface area contributed by atoms with Crippen molar-refractivity contribution in [1.82, 2.24) is 9.55 Å². The molecule has 2 heterocycles. The Morgan fingerprint density at radius 1 is 1.06 bits per heavy atom. The molecule has 2 nitrogen and oxygen atoms in total. The molecule has 2 heteroatoms. The number of aryl methyl sites for hydroxylation is 1. The van der Waals surface area contributed by atoms with Gasteiger partial charge in [-0.1, -0.05) is 30.3 Å². The highest BCUT2D eigenvalue weighted by atomic mass is 15.0. The molecule has 0 radical (unpaired) electrons. The summed E-state index contributed by atoms with van der Waals surface area (Å²) in [6, 6.07) is 14.6. The summed E-state index contributed by atoms with van der Waals surface area (Å²) in [4.78, 5) is 4.46. The van der Waals surface area contributed by atoms with Crippen LogP contribution in [0, 0.1) is 0 Å². The molecule has 0 unspecified atom stereocenters. The highest BCUT2D eigenvalue weighted by Crippen LogP contribution is 2.29. The van der Waals surface area contributed by atoms with Crippen molar-refractivity contribution in [2.45, 2.75) is 13.5 Å². The summed E-state index contributed by atoms with van der Waals surface area (Å²) in [5, 5.41) is 1.22. The molecule has 1 aromatic carbocycles. The maximum atomic E-state index is 4.46. The predicted molar refractivity (Wildman–Crippen MR) is 70.8 cm³/mol. The van der Waals surface area contributed by atoms with Gasteiger partial charge in [0.05, 0.1) is 0 Å². The first-order chi connectivity index (χ1) is 8.40. The SMILES string of the molecule is CCn1cc(-c2ccccc2)c2cccnc21. The van der Waals surface area contributed by atoms with Gasteiger partial charge in [-0.15, -0.1) is 0 Å². The van der Waals surface area contributed by atoms with E-state index in [1.165, 1.54) is 16.5 Å². The lowest BCUT2D eigenvalue weighted by molar-refractivity contribution is 0.788. The summed E-state index contributed by atoms with van der Waals surface area (Å²) in [6.07, 6.45) is 4.04. The molecule has 3 rings (SSSR count). The molecular weight excluding hydrogens is 208 g/mol. The van der Waals surface area contributed by atoms with E-state index in [4.69, 9.17) is 0 Å². The lowest BCUT2D eigenvalue weighted by Gasteiger charge is -1.97. The molecule has 17 heavy (non-hydrogen) atoms. The lowest BCUT2D eigenvalue weighted by Crippen LogP contribution is -1.91. The molecule has 0 aliphatic carbocycles. The summed E-state index contributed by atoms with van der Waals surface area (Å²) in [5.74, 6) is 0. The molecule has 0 saturated heterocycles. The van der Waals surface area contributed by atoms with Gasteiger partial charge in [-0.3, -0.25) is 0 Å². The van der Waals surface area contributed by atoms with Crippen molar-refractivity contribution >= 4 is 11.0 Å². The summed E-state index contributed by atoms with van der Waals surface area (Å²) in [5.41, 5.74) is 3.57. The van der Waals surface area contributed by atoms with Crippen LogP contribution in [0.1, 0.15) is 6.92 Å². The molecular formula is C15H14N2. The van der Waals surface area contributed by atoms with E-state index in [2.05, 4.69) is 53.0 Å². The first-order valence-electron chi connectivity index (χ1n) is 5.89. The first kappa shape index (κ1) is 10.1. The normalized spacial score (nSPS) is 10.9. The minimum atomic E-state index is 0.945. The lowest BCUT2D eigenvalue weighted by atomic mass is 10.1. The number of rotatable bonds is 2. The van der Waals surface area contributed by atoms with E-state index >= 15 is 0 Å². The molecule has 0 aliphatic heterocycles. The van der Waals surface area contributed by atoms with Gasteiger partial charge < -0.3 is 4.57 Å².